The summed E-state index contributed by atoms with van der Waals surface area (Å²) in [5, 5.41) is 0. The van der Waals surface area contributed by atoms with E-state index in [2.05, 4.69) is 15.0 Å². The van der Waals surface area contributed by atoms with Crippen molar-refractivity contribution in [2.24, 2.45) is 0 Å². The summed E-state index contributed by atoms with van der Waals surface area (Å²) < 4.78 is 0. The predicted molar refractivity (Wildman–Crippen MR) is 74.0 cm³/mol. The molecule has 0 atom stereocenters. The quantitative estimate of drug-likeness (QED) is 0.897. The van der Waals surface area contributed by atoms with Crippen molar-refractivity contribution in [3.8, 4) is 11.4 Å². The fraction of sp³-hybridized carbons (Fsp3) is 0.400. The Morgan fingerprint density at radius 2 is 2.05 bits per heavy atom. The van der Waals surface area contributed by atoms with Crippen molar-refractivity contribution in [2.75, 3.05) is 0 Å². The highest BCUT2D eigenvalue weighted by molar-refractivity contribution is 5.53. The number of aromatic amines is 1. The molecule has 0 radical (unpaired) electrons. The van der Waals surface area contributed by atoms with Crippen molar-refractivity contribution >= 4 is 0 Å². The van der Waals surface area contributed by atoms with Crippen molar-refractivity contribution in [3.05, 3.63) is 46.1 Å². The lowest BCUT2D eigenvalue weighted by Gasteiger charge is -2.09. The molecule has 1 aliphatic rings. The molecule has 2 heterocycles. The van der Waals surface area contributed by atoms with Gasteiger partial charge in [0.2, 0.25) is 0 Å². The van der Waals surface area contributed by atoms with Gasteiger partial charge in [0.15, 0.2) is 0 Å². The molecule has 2 aromatic rings. The summed E-state index contributed by atoms with van der Waals surface area (Å²) in [6, 6.07) is 5.51. The van der Waals surface area contributed by atoms with Crippen LogP contribution in [-0.4, -0.2) is 15.0 Å². The molecule has 0 amide bonds. The van der Waals surface area contributed by atoms with Crippen molar-refractivity contribution < 1.29 is 0 Å². The summed E-state index contributed by atoms with van der Waals surface area (Å²) in [6.07, 6.45) is 6.51. The number of H-pyrrole nitrogens is 1. The minimum absolute atomic E-state index is 0.0764. The first-order valence-electron chi connectivity index (χ1n) is 6.77. The molecule has 4 nitrogen and oxygen atoms in total. The molecule has 1 saturated carbocycles. The summed E-state index contributed by atoms with van der Waals surface area (Å²) in [5.74, 6) is 1.07. The van der Waals surface area contributed by atoms with Crippen molar-refractivity contribution in [2.45, 2.75) is 38.5 Å². The Morgan fingerprint density at radius 1 is 1.26 bits per heavy atom. The third kappa shape index (κ3) is 2.57. The Bertz CT molecular complexity index is 625. The van der Waals surface area contributed by atoms with Crippen LogP contribution in [0.4, 0.5) is 0 Å². The molecule has 0 spiro atoms. The monoisotopic (exact) mass is 255 g/mol. The summed E-state index contributed by atoms with van der Waals surface area (Å²) in [4.78, 5) is 23.5. The number of pyridine rings is 1. The van der Waals surface area contributed by atoms with E-state index in [1.807, 2.05) is 19.1 Å². The standard InChI is InChI=1S/C15H17N3O/c1-10-6-7-12(9-16-10)15-17-13(8-14(19)18-15)11-4-2-3-5-11/h6-9,11H,2-5H2,1H3,(H,17,18,19). The van der Waals surface area contributed by atoms with E-state index in [1.54, 1.807) is 12.3 Å². The zero-order valence-corrected chi connectivity index (χ0v) is 11.0. The molecule has 19 heavy (non-hydrogen) atoms. The molecule has 1 aliphatic carbocycles. The highest BCUT2D eigenvalue weighted by Gasteiger charge is 2.19. The Morgan fingerprint density at radius 3 is 2.74 bits per heavy atom. The number of nitrogens with one attached hydrogen (secondary N) is 1. The van der Waals surface area contributed by atoms with E-state index in [9.17, 15) is 4.79 Å². The zero-order chi connectivity index (χ0) is 13.2. The lowest BCUT2D eigenvalue weighted by molar-refractivity contribution is 0.693. The molecule has 0 aliphatic heterocycles. The van der Waals surface area contributed by atoms with Gasteiger partial charge < -0.3 is 4.98 Å². The van der Waals surface area contributed by atoms with Crippen molar-refractivity contribution in [1.82, 2.24) is 15.0 Å². The highest BCUT2D eigenvalue weighted by atomic mass is 16.1. The second kappa shape index (κ2) is 4.96. The maximum Gasteiger partial charge on any atom is 0.251 e. The van der Waals surface area contributed by atoms with E-state index in [0.29, 0.717) is 11.7 Å². The van der Waals surface area contributed by atoms with E-state index in [-0.39, 0.29) is 5.56 Å². The van der Waals surface area contributed by atoms with E-state index in [4.69, 9.17) is 0 Å². The first kappa shape index (κ1) is 12.1. The molecule has 3 rings (SSSR count). The van der Waals surface area contributed by atoms with E-state index in [0.717, 1.165) is 29.8 Å². The van der Waals surface area contributed by atoms with Gasteiger partial charge in [0, 0.05) is 29.4 Å². The predicted octanol–water partition coefficient (Wildman–Crippen LogP) is 2.80. The summed E-state index contributed by atoms with van der Waals surface area (Å²) in [6.45, 7) is 1.94. The van der Waals surface area contributed by atoms with Crippen LogP contribution in [0.25, 0.3) is 11.4 Å². The summed E-state index contributed by atoms with van der Waals surface area (Å²) >= 11 is 0. The molecule has 2 aromatic heterocycles. The van der Waals surface area contributed by atoms with E-state index in [1.165, 1.54) is 12.8 Å². The second-order valence-corrected chi connectivity index (χ2v) is 5.19. The van der Waals surface area contributed by atoms with Crippen LogP contribution in [0.3, 0.4) is 0 Å². The molecular weight excluding hydrogens is 238 g/mol. The van der Waals surface area contributed by atoms with Gasteiger partial charge in [-0.2, -0.15) is 0 Å². The van der Waals surface area contributed by atoms with Crippen LogP contribution in [0, 0.1) is 6.92 Å². The van der Waals surface area contributed by atoms with Crippen molar-refractivity contribution in [3.63, 3.8) is 0 Å². The minimum Gasteiger partial charge on any atom is -0.306 e. The molecule has 1 fully saturated rings. The number of hydrogen-bond acceptors (Lipinski definition) is 3. The van der Waals surface area contributed by atoms with Gasteiger partial charge >= 0.3 is 0 Å². The van der Waals surface area contributed by atoms with Crippen LogP contribution < -0.4 is 5.56 Å². The highest BCUT2D eigenvalue weighted by Crippen LogP contribution is 2.32. The van der Waals surface area contributed by atoms with Crippen LogP contribution in [0.5, 0.6) is 0 Å². The van der Waals surface area contributed by atoms with Crippen molar-refractivity contribution in [1.29, 1.82) is 0 Å². The average Bonchev–Trinajstić information content (AvgIpc) is 2.93. The van der Waals surface area contributed by atoms with Gasteiger partial charge in [-0.25, -0.2) is 4.98 Å². The lowest BCUT2D eigenvalue weighted by Crippen LogP contribution is -2.12. The van der Waals surface area contributed by atoms with Gasteiger partial charge in [-0.15, -0.1) is 0 Å². The SMILES string of the molecule is Cc1ccc(-c2nc(C3CCCC3)cc(=O)[nH]2)cn1. The fourth-order valence-corrected chi connectivity index (χ4v) is 2.65. The van der Waals surface area contributed by atoms with Crippen LogP contribution in [0.2, 0.25) is 0 Å². The van der Waals surface area contributed by atoms with Gasteiger partial charge in [-0.3, -0.25) is 9.78 Å². The Labute approximate surface area is 111 Å². The largest absolute Gasteiger partial charge is 0.306 e. The topological polar surface area (TPSA) is 58.6 Å². The second-order valence-electron chi connectivity index (χ2n) is 5.19. The van der Waals surface area contributed by atoms with Gasteiger partial charge in [0.1, 0.15) is 5.82 Å². The fourth-order valence-electron chi connectivity index (χ4n) is 2.65. The number of hydrogen-bond donors (Lipinski definition) is 1. The third-order valence-corrected chi connectivity index (χ3v) is 3.72. The minimum atomic E-state index is -0.0764. The summed E-state index contributed by atoms with van der Waals surface area (Å²) in [7, 11) is 0. The molecule has 1 N–H and O–H groups in total. The molecule has 0 saturated heterocycles. The first-order valence-corrected chi connectivity index (χ1v) is 6.77. The molecule has 0 aromatic carbocycles. The van der Waals surface area contributed by atoms with Crippen LogP contribution in [0.1, 0.15) is 43.0 Å². The zero-order valence-electron chi connectivity index (χ0n) is 11.0. The molecule has 4 heteroatoms. The smallest absolute Gasteiger partial charge is 0.251 e. The van der Waals surface area contributed by atoms with E-state index >= 15 is 0 Å². The summed E-state index contributed by atoms with van der Waals surface area (Å²) in [5.41, 5.74) is 2.67. The normalized spacial score (nSPS) is 15.8. The average molecular weight is 255 g/mol. The molecular formula is C15H17N3O. The Kier molecular flexibility index (Phi) is 3.15. The van der Waals surface area contributed by atoms with Crippen LogP contribution in [0.15, 0.2) is 29.2 Å². The lowest BCUT2D eigenvalue weighted by atomic mass is 10.0. The maximum absolute atomic E-state index is 11.8. The van der Waals surface area contributed by atoms with Gasteiger partial charge in [0.25, 0.3) is 5.56 Å². The number of rotatable bonds is 2. The van der Waals surface area contributed by atoms with Crippen LogP contribution in [-0.2, 0) is 0 Å². The van der Waals surface area contributed by atoms with E-state index < -0.39 is 0 Å². The maximum atomic E-state index is 11.8. The third-order valence-electron chi connectivity index (χ3n) is 3.72. The Balaban J connectivity index is 2.01. The molecule has 0 unspecified atom stereocenters. The van der Waals surface area contributed by atoms with Crippen LogP contribution >= 0.6 is 0 Å². The number of aryl methyl sites for hydroxylation is 1. The first-order chi connectivity index (χ1) is 9.22. The van der Waals surface area contributed by atoms with Gasteiger partial charge in [0.05, 0.1) is 5.69 Å². The van der Waals surface area contributed by atoms with Gasteiger partial charge in [-0.1, -0.05) is 12.8 Å². The number of nitrogens with zero attached hydrogens (tertiary/aromatic N) is 2. The van der Waals surface area contributed by atoms with Gasteiger partial charge in [-0.05, 0) is 31.9 Å². The Hall–Kier alpha value is -1.97. The molecule has 0 bridgehead atoms. The molecule has 98 valence electrons. The number of aromatic nitrogens is 3.